The lowest BCUT2D eigenvalue weighted by atomic mass is 9.84. The van der Waals surface area contributed by atoms with Crippen molar-refractivity contribution in [3.05, 3.63) is 0 Å². The molecule has 6 nitrogen and oxygen atoms in total. The molecule has 130 valence electrons. The third-order valence-corrected chi connectivity index (χ3v) is 5.48. The first-order chi connectivity index (χ1) is 9.89. The molecule has 1 saturated heterocycles. The van der Waals surface area contributed by atoms with Gasteiger partial charge in [-0.2, -0.15) is 12.6 Å². The minimum absolute atomic E-state index is 0.353. The predicted molar refractivity (Wildman–Crippen MR) is 68.9 cm³/mol. The molecule has 1 aliphatic rings. The van der Waals surface area contributed by atoms with Crippen molar-refractivity contribution in [3.8, 4) is 0 Å². The highest BCUT2D eigenvalue weighted by molar-refractivity contribution is 7.87. The van der Waals surface area contributed by atoms with Crippen LogP contribution in [0.3, 0.4) is 0 Å². The van der Waals surface area contributed by atoms with Gasteiger partial charge in [0.25, 0.3) is 10.1 Å². The molecular weight excluding hydrogens is 329 g/mol. The van der Waals surface area contributed by atoms with Crippen molar-refractivity contribution in [2.24, 2.45) is 11.8 Å². The summed E-state index contributed by atoms with van der Waals surface area (Å²) in [5.41, 5.74) is 0. The summed E-state index contributed by atoms with van der Waals surface area (Å²) in [6, 6.07) is 0. The third-order valence-electron chi connectivity index (χ3n) is 3.74. The van der Waals surface area contributed by atoms with E-state index in [1.54, 1.807) is 13.8 Å². The minimum atomic E-state index is -5.36. The summed E-state index contributed by atoms with van der Waals surface area (Å²) in [5.74, 6) is -1.96. The van der Waals surface area contributed by atoms with Crippen LogP contribution in [0.4, 0.5) is 13.2 Å². The van der Waals surface area contributed by atoms with Gasteiger partial charge in [0.05, 0.1) is 6.10 Å². The van der Waals surface area contributed by atoms with E-state index in [9.17, 15) is 26.4 Å². The van der Waals surface area contributed by atoms with Gasteiger partial charge in [-0.1, -0.05) is 20.8 Å². The van der Waals surface area contributed by atoms with Crippen LogP contribution >= 0.6 is 0 Å². The Morgan fingerprint density at radius 3 is 2.18 bits per heavy atom. The number of esters is 1. The SMILES string of the molecule is CCC1O[C@@H](OC(C)=O)C(S(=O)(=O)OC(F)(F)F)[C@@H](C)[C@@H]1C. The zero-order valence-corrected chi connectivity index (χ0v) is 13.4. The van der Waals surface area contributed by atoms with Crippen LogP contribution in [0, 0.1) is 11.8 Å². The molecule has 0 bridgehead atoms. The molecule has 1 heterocycles. The predicted octanol–water partition coefficient (Wildman–Crippen LogP) is 2.19. The number of rotatable bonds is 4. The normalized spacial score (nSPS) is 33.5. The number of carbonyl (C=O) groups is 1. The summed E-state index contributed by atoms with van der Waals surface area (Å²) in [7, 11) is -5.08. The highest BCUT2D eigenvalue weighted by Crippen LogP contribution is 2.38. The molecule has 0 N–H and O–H groups in total. The van der Waals surface area contributed by atoms with Crippen LogP contribution in [0.5, 0.6) is 0 Å². The first-order valence-electron chi connectivity index (χ1n) is 6.73. The fourth-order valence-electron chi connectivity index (χ4n) is 2.57. The van der Waals surface area contributed by atoms with Crippen LogP contribution in [0.15, 0.2) is 0 Å². The second-order valence-corrected chi connectivity index (χ2v) is 6.96. The Bertz CT molecular complexity index is 503. The highest BCUT2D eigenvalue weighted by Gasteiger charge is 2.53. The molecule has 0 aromatic rings. The second kappa shape index (κ2) is 6.71. The van der Waals surface area contributed by atoms with Crippen LogP contribution in [-0.2, 0) is 28.6 Å². The fraction of sp³-hybridized carbons (Fsp3) is 0.917. The first-order valence-corrected chi connectivity index (χ1v) is 8.20. The van der Waals surface area contributed by atoms with E-state index >= 15 is 0 Å². The number of hydrogen-bond acceptors (Lipinski definition) is 6. The van der Waals surface area contributed by atoms with Crippen molar-refractivity contribution in [1.82, 2.24) is 0 Å². The van der Waals surface area contributed by atoms with Gasteiger partial charge in [0.1, 0.15) is 0 Å². The molecule has 0 spiro atoms. The van der Waals surface area contributed by atoms with Crippen LogP contribution in [-0.4, -0.2) is 38.4 Å². The molecular formula is C12H19F3O6S. The maximum atomic E-state index is 12.3. The summed E-state index contributed by atoms with van der Waals surface area (Å²) in [6.07, 6.45) is -6.93. The van der Waals surface area contributed by atoms with Crippen LogP contribution in [0.2, 0.25) is 0 Å². The molecule has 5 atom stereocenters. The van der Waals surface area contributed by atoms with Crippen LogP contribution in [0.25, 0.3) is 0 Å². The van der Waals surface area contributed by atoms with E-state index < -0.39 is 46.0 Å². The van der Waals surface area contributed by atoms with E-state index in [-0.39, 0.29) is 5.92 Å². The average Bonchev–Trinajstić information content (AvgIpc) is 2.29. The van der Waals surface area contributed by atoms with Gasteiger partial charge in [0.2, 0.25) is 6.29 Å². The Morgan fingerprint density at radius 1 is 1.23 bits per heavy atom. The number of carbonyl (C=O) groups excluding carboxylic acids is 1. The Kier molecular flexibility index (Phi) is 5.85. The second-order valence-electron chi connectivity index (χ2n) is 5.27. The summed E-state index contributed by atoms with van der Waals surface area (Å²) in [6.45, 7) is 5.92. The average molecular weight is 348 g/mol. The lowest BCUT2D eigenvalue weighted by molar-refractivity contribution is -0.274. The largest absolute Gasteiger partial charge is 0.537 e. The molecule has 22 heavy (non-hydrogen) atoms. The van der Waals surface area contributed by atoms with E-state index in [1.165, 1.54) is 6.92 Å². The van der Waals surface area contributed by atoms with E-state index in [2.05, 4.69) is 4.18 Å². The van der Waals surface area contributed by atoms with Gasteiger partial charge in [-0.25, -0.2) is 0 Å². The summed E-state index contributed by atoms with van der Waals surface area (Å²) >= 11 is 0. The van der Waals surface area contributed by atoms with Gasteiger partial charge in [0, 0.05) is 6.92 Å². The highest BCUT2D eigenvalue weighted by atomic mass is 32.2. The Labute approximate surface area is 127 Å². The zero-order chi connectivity index (χ0) is 17.3. The minimum Gasteiger partial charge on any atom is -0.434 e. The molecule has 0 amide bonds. The van der Waals surface area contributed by atoms with E-state index in [0.717, 1.165) is 6.92 Å². The Hall–Kier alpha value is -0.870. The molecule has 0 aromatic heterocycles. The quantitative estimate of drug-likeness (QED) is 0.572. The lowest BCUT2D eigenvalue weighted by Gasteiger charge is -2.42. The molecule has 1 fully saturated rings. The fourth-order valence-corrected chi connectivity index (χ4v) is 4.11. The Balaban J connectivity index is 3.17. The number of hydrogen-bond donors (Lipinski definition) is 0. The maximum Gasteiger partial charge on any atom is 0.537 e. The zero-order valence-electron chi connectivity index (χ0n) is 12.6. The van der Waals surface area contributed by atoms with Gasteiger partial charge >= 0.3 is 12.3 Å². The van der Waals surface area contributed by atoms with E-state index in [1.807, 2.05) is 0 Å². The van der Waals surface area contributed by atoms with E-state index in [4.69, 9.17) is 9.47 Å². The van der Waals surface area contributed by atoms with Crippen molar-refractivity contribution in [2.75, 3.05) is 0 Å². The lowest BCUT2D eigenvalue weighted by Crippen LogP contribution is -2.54. The maximum absolute atomic E-state index is 12.3. The van der Waals surface area contributed by atoms with Crippen LogP contribution in [0.1, 0.15) is 34.1 Å². The van der Waals surface area contributed by atoms with Crippen LogP contribution < -0.4 is 0 Å². The van der Waals surface area contributed by atoms with Crippen molar-refractivity contribution in [2.45, 2.75) is 58.1 Å². The van der Waals surface area contributed by atoms with Gasteiger partial charge in [-0.3, -0.25) is 4.79 Å². The number of halogens is 3. The molecule has 0 aliphatic carbocycles. The molecule has 2 unspecified atom stereocenters. The number of ether oxygens (including phenoxy) is 2. The van der Waals surface area contributed by atoms with Gasteiger partial charge in [0.15, 0.2) is 5.25 Å². The summed E-state index contributed by atoms with van der Waals surface area (Å²) in [5, 5.41) is -1.75. The standard InChI is InChI=1S/C12H19F3O6S/c1-5-9-6(2)7(3)10(11(20-9)19-8(4)16)22(17,18)21-12(13,14)15/h6-7,9-11H,5H2,1-4H3/t6-,7-,9?,10?,11+/m0/s1. The summed E-state index contributed by atoms with van der Waals surface area (Å²) < 4.78 is 74.2. The van der Waals surface area contributed by atoms with Gasteiger partial charge < -0.3 is 9.47 Å². The first kappa shape index (κ1) is 19.2. The summed E-state index contributed by atoms with van der Waals surface area (Å²) in [4.78, 5) is 11.1. The third kappa shape index (κ3) is 4.56. The molecule has 1 rings (SSSR count). The molecule has 0 saturated carbocycles. The number of alkyl halides is 3. The molecule has 0 radical (unpaired) electrons. The topological polar surface area (TPSA) is 78.9 Å². The van der Waals surface area contributed by atoms with Gasteiger partial charge in [-0.05, 0) is 18.3 Å². The van der Waals surface area contributed by atoms with E-state index in [0.29, 0.717) is 6.42 Å². The van der Waals surface area contributed by atoms with Gasteiger partial charge in [-0.15, -0.1) is 13.2 Å². The van der Waals surface area contributed by atoms with Crippen molar-refractivity contribution in [1.29, 1.82) is 0 Å². The smallest absolute Gasteiger partial charge is 0.434 e. The monoisotopic (exact) mass is 348 g/mol. The molecule has 10 heteroatoms. The molecule has 1 aliphatic heterocycles. The van der Waals surface area contributed by atoms with Crippen molar-refractivity contribution >= 4 is 16.1 Å². The molecule has 0 aromatic carbocycles. The van der Waals surface area contributed by atoms with Crippen molar-refractivity contribution < 1.29 is 40.0 Å². The Morgan fingerprint density at radius 2 is 1.77 bits per heavy atom. The van der Waals surface area contributed by atoms with Crippen molar-refractivity contribution in [3.63, 3.8) is 0 Å².